The molecule has 3 aliphatic rings. The van der Waals surface area contributed by atoms with Gasteiger partial charge in [0.2, 0.25) is 11.8 Å². The van der Waals surface area contributed by atoms with Crippen LogP contribution in [0.1, 0.15) is 41.7 Å². The first-order valence-electron chi connectivity index (χ1n) is 9.27. The van der Waals surface area contributed by atoms with E-state index in [9.17, 15) is 14.4 Å². The van der Waals surface area contributed by atoms with Gasteiger partial charge in [-0.2, -0.15) is 0 Å². The van der Waals surface area contributed by atoms with Gasteiger partial charge in [0.25, 0.3) is 5.91 Å². The van der Waals surface area contributed by atoms with Gasteiger partial charge >= 0.3 is 0 Å². The minimum Gasteiger partial charge on any atom is -0.345 e. The number of amides is 3. The van der Waals surface area contributed by atoms with Crippen molar-refractivity contribution >= 4 is 17.7 Å². The summed E-state index contributed by atoms with van der Waals surface area (Å²) in [6, 6.07) is 6.89. The van der Waals surface area contributed by atoms with Crippen molar-refractivity contribution in [2.45, 2.75) is 37.9 Å². The van der Waals surface area contributed by atoms with Gasteiger partial charge in [0.05, 0.1) is 6.54 Å². The number of fused-ring (bicyclic) bond motifs is 1. The fraction of sp³-hybridized carbons (Fsp3) is 0.526. The van der Waals surface area contributed by atoms with Crippen molar-refractivity contribution in [3.05, 3.63) is 35.4 Å². The van der Waals surface area contributed by atoms with Crippen molar-refractivity contribution in [2.24, 2.45) is 0 Å². The van der Waals surface area contributed by atoms with Crippen LogP contribution >= 0.6 is 0 Å². The first kappa shape index (κ1) is 17.0. The fourth-order valence-corrected chi connectivity index (χ4v) is 3.91. The molecule has 1 saturated heterocycles. The molecule has 1 aromatic rings. The highest BCUT2D eigenvalue weighted by molar-refractivity contribution is 6.05. The normalized spacial score (nSPS) is 25.2. The van der Waals surface area contributed by atoms with E-state index in [2.05, 4.69) is 10.6 Å². The minimum atomic E-state index is -0.626. The molecule has 1 aromatic carbocycles. The van der Waals surface area contributed by atoms with Crippen LogP contribution in [0.15, 0.2) is 24.3 Å². The number of hydrogen-bond donors (Lipinski definition) is 2. The average molecular weight is 356 g/mol. The molecule has 138 valence electrons. The third kappa shape index (κ3) is 2.96. The Morgan fingerprint density at radius 2 is 2.04 bits per heavy atom. The molecule has 2 heterocycles. The Bertz CT molecular complexity index is 746. The molecular formula is C19H24N4O3. The molecule has 4 rings (SSSR count). The summed E-state index contributed by atoms with van der Waals surface area (Å²) in [5, 5.41) is 6.02. The average Bonchev–Trinajstić information content (AvgIpc) is 3.44. The molecule has 1 saturated carbocycles. The van der Waals surface area contributed by atoms with E-state index in [1.165, 1.54) is 0 Å². The van der Waals surface area contributed by atoms with Crippen LogP contribution in [0.2, 0.25) is 0 Å². The Labute approximate surface area is 152 Å². The second-order valence-electron chi connectivity index (χ2n) is 7.29. The largest absolute Gasteiger partial charge is 0.345 e. The minimum absolute atomic E-state index is 0.0332. The fourth-order valence-electron chi connectivity index (χ4n) is 3.91. The van der Waals surface area contributed by atoms with Crippen LogP contribution in [-0.4, -0.2) is 65.8 Å². The summed E-state index contributed by atoms with van der Waals surface area (Å²) in [5.74, 6) is -0.431. The molecule has 1 aliphatic carbocycles. The molecule has 7 heteroatoms. The summed E-state index contributed by atoms with van der Waals surface area (Å²) in [6.45, 7) is 4.14. The number of piperazine rings is 1. The van der Waals surface area contributed by atoms with Crippen molar-refractivity contribution in [3.8, 4) is 0 Å². The zero-order chi connectivity index (χ0) is 18.3. The number of benzene rings is 1. The monoisotopic (exact) mass is 356 g/mol. The molecule has 7 nitrogen and oxygen atoms in total. The van der Waals surface area contributed by atoms with E-state index < -0.39 is 6.04 Å². The van der Waals surface area contributed by atoms with Crippen molar-refractivity contribution in [1.82, 2.24) is 20.4 Å². The Kier molecular flexibility index (Phi) is 4.40. The smallest absolute Gasteiger partial charge is 0.255 e. The molecule has 0 spiro atoms. The number of nitrogens with zero attached hydrogens (tertiary/aromatic N) is 2. The lowest BCUT2D eigenvalue weighted by Gasteiger charge is -2.34. The predicted molar refractivity (Wildman–Crippen MR) is 95.4 cm³/mol. The summed E-state index contributed by atoms with van der Waals surface area (Å²) >= 11 is 0. The lowest BCUT2D eigenvalue weighted by molar-refractivity contribution is -0.136. The van der Waals surface area contributed by atoms with E-state index >= 15 is 0 Å². The van der Waals surface area contributed by atoms with Gasteiger partial charge in [0.15, 0.2) is 0 Å². The lowest BCUT2D eigenvalue weighted by atomic mass is 10.0. The van der Waals surface area contributed by atoms with Gasteiger partial charge in [-0.3, -0.25) is 14.4 Å². The highest BCUT2D eigenvalue weighted by Crippen LogP contribution is 2.41. The molecular weight excluding hydrogens is 332 g/mol. The van der Waals surface area contributed by atoms with Crippen LogP contribution in [0, 0.1) is 0 Å². The van der Waals surface area contributed by atoms with Gasteiger partial charge in [-0.25, -0.2) is 0 Å². The van der Waals surface area contributed by atoms with Gasteiger partial charge in [-0.1, -0.05) is 18.2 Å². The lowest BCUT2D eigenvalue weighted by Crippen LogP contribution is -2.55. The van der Waals surface area contributed by atoms with Gasteiger partial charge in [0.1, 0.15) is 6.04 Å². The predicted octanol–water partition coefficient (Wildman–Crippen LogP) is 0.282. The van der Waals surface area contributed by atoms with E-state index in [1.54, 1.807) is 15.9 Å². The van der Waals surface area contributed by atoms with E-state index in [4.69, 9.17) is 0 Å². The van der Waals surface area contributed by atoms with Crippen LogP contribution in [0.3, 0.4) is 0 Å². The molecule has 0 radical (unpaired) electrons. The van der Waals surface area contributed by atoms with Crippen LogP contribution < -0.4 is 10.6 Å². The molecule has 2 N–H and O–H groups in total. The Morgan fingerprint density at radius 3 is 2.77 bits per heavy atom. The first-order chi connectivity index (χ1) is 12.6. The van der Waals surface area contributed by atoms with Crippen LogP contribution in [-0.2, 0) is 9.59 Å². The number of carbonyl (C=O) groups excluding carboxylic acids is 3. The summed E-state index contributed by atoms with van der Waals surface area (Å²) < 4.78 is 0. The molecule has 26 heavy (non-hydrogen) atoms. The van der Waals surface area contributed by atoms with Gasteiger partial charge in [-0.05, 0) is 31.4 Å². The first-order valence-corrected chi connectivity index (χ1v) is 9.27. The summed E-state index contributed by atoms with van der Waals surface area (Å²) in [5.41, 5.74) is 1.34. The summed E-state index contributed by atoms with van der Waals surface area (Å²) in [7, 11) is 0. The Morgan fingerprint density at radius 1 is 1.27 bits per heavy atom. The van der Waals surface area contributed by atoms with E-state index in [0.717, 1.165) is 31.5 Å². The van der Waals surface area contributed by atoms with Crippen LogP contribution in [0.4, 0.5) is 0 Å². The topological polar surface area (TPSA) is 81.8 Å². The van der Waals surface area contributed by atoms with Crippen LogP contribution in [0.25, 0.3) is 0 Å². The van der Waals surface area contributed by atoms with Gasteiger partial charge in [0, 0.05) is 37.3 Å². The number of carbonyl (C=O) groups is 3. The highest BCUT2D eigenvalue weighted by Gasteiger charge is 2.47. The molecule has 2 atom stereocenters. The Hall–Kier alpha value is -2.41. The van der Waals surface area contributed by atoms with Crippen molar-refractivity contribution in [2.75, 3.05) is 26.2 Å². The van der Waals surface area contributed by atoms with Gasteiger partial charge in [-0.15, -0.1) is 0 Å². The number of hydrogen-bond acceptors (Lipinski definition) is 4. The SMILES string of the molecule is C[C@H]1CNCCN1C(=O)CNC(=O)C1c2ccccc2C(=O)N1C1CC1. The number of rotatable bonds is 4. The highest BCUT2D eigenvalue weighted by atomic mass is 16.2. The maximum atomic E-state index is 12.9. The third-order valence-electron chi connectivity index (χ3n) is 5.42. The van der Waals surface area contributed by atoms with Crippen LogP contribution in [0.5, 0.6) is 0 Å². The zero-order valence-corrected chi connectivity index (χ0v) is 14.9. The Balaban J connectivity index is 1.46. The standard InChI is InChI=1S/C19H24N4O3/c1-12-10-20-8-9-22(12)16(24)11-21-18(25)17-14-4-2-3-5-15(14)19(26)23(17)13-6-7-13/h2-5,12-13,17,20H,6-11H2,1H3,(H,21,25)/t12-,17?/m0/s1. The summed E-state index contributed by atoms with van der Waals surface area (Å²) in [4.78, 5) is 41.5. The number of nitrogens with one attached hydrogen (secondary N) is 2. The zero-order valence-electron chi connectivity index (χ0n) is 14.9. The van der Waals surface area contributed by atoms with Crippen molar-refractivity contribution < 1.29 is 14.4 Å². The quantitative estimate of drug-likeness (QED) is 0.812. The van der Waals surface area contributed by atoms with E-state index in [-0.39, 0.29) is 36.3 Å². The van der Waals surface area contributed by atoms with Gasteiger partial charge < -0.3 is 20.4 Å². The molecule has 3 amide bonds. The second kappa shape index (κ2) is 6.72. The molecule has 2 fully saturated rings. The molecule has 0 aromatic heterocycles. The van der Waals surface area contributed by atoms with Crippen molar-refractivity contribution in [1.29, 1.82) is 0 Å². The van der Waals surface area contributed by atoms with Crippen molar-refractivity contribution in [3.63, 3.8) is 0 Å². The maximum absolute atomic E-state index is 12.9. The van der Waals surface area contributed by atoms with E-state index in [0.29, 0.717) is 12.1 Å². The summed E-state index contributed by atoms with van der Waals surface area (Å²) in [6.07, 6.45) is 1.86. The molecule has 1 unspecified atom stereocenters. The molecule has 0 bridgehead atoms. The maximum Gasteiger partial charge on any atom is 0.255 e. The third-order valence-corrected chi connectivity index (χ3v) is 5.42. The van der Waals surface area contributed by atoms with E-state index in [1.807, 2.05) is 25.1 Å². The molecule has 2 aliphatic heterocycles. The second-order valence-corrected chi connectivity index (χ2v) is 7.29.